The molecule has 0 aromatic carbocycles. The molecule has 0 saturated heterocycles. The van der Waals surface area contributed by atoms with E-state index in [0.717, 1.165) is 12.3 Å². The zero-order chi connectivity index (χ0) is 8.62. The molecule has 6 heteroatoms. The molecular weight excluding hydrogens is 178 g/mol. The standard InChI is InChI=1S/C4H9Cl.H3O4P/c1-2-3-4-5;1-5(2,3)4/h2-4H2,1H3;(H3,1,2,3,4). The maximum absolute atomic E-state index is 8.88. The molecule has 0 heterocycles. The second kappa shape index (κ2) is 7.51. The van der Waals surface area contributed by atoms with Crippen LogP contribution in [0.2, 0.25) is 0 Å². The fourth-order valence-corrected chi connectivity index (χ4v) is 0.401. The predicted molar refractivity (Wildman–Crippen MR) is 39.9 cm³/mol. The van der Waals surface area contributed by atoms with Gasteiger partial charge in [0.05, 0.1) is 0 Å². The molecule has 0 amide bonds. The van der Waals surface area contributed by atoms with Crippen LogP contribution in [-0.2, 0) is 4.57 Å². The van der Waals surface area contributed by atoms with Crippen LogP contribution in [-0.4, -0.2) is 20.6 Å². The van der Waals surface area contributed by atoms with Gasteiger partial charge in [0.25, 0.3) is 0 Å². The number of halogens is 1. The van der Waals surface area contributed by atoms with Gasteiger partial charge in [0.15, 0.2) is 0 Å². The van der Waals surface area contributed by atoms with Crippen molar-refractivity contribution in [2.45, 2.75) is 19.8 Å². The van der Waals surface area contributed by atoms with Gasteiger partial charge in [0, 0.05) is 5.88 Å². The normalized spacial score (nSPS) is 10.1. The molecule has 0 bridgehead atoms. The van der Waals surface area contributed by atoms with E-state index in [2.05, 4.69) is 6.92 Å². The first-order chi connectivity index (χ1) is 4.41. The third kappa shape index (κ3) is 79.9. The van der Waals surface area contributed by atoms with E-state index in [4.69, 9.17) is 30.8 Å². The smallest absolute Gasteiger partial charge is 0.303 e. The Hall–Kier alpha value is 0.400. The highest BCUT2D eigenvalue weighted by Crippen LogP contribution is 2.25. The van der Waals surface area contributed by atoms with Crippen LogP contribution in [0.1, 0.15) is 19.8 Å². The average molecular weight is 191 g/mol. The molecule has 4 nitrogen and oxygen atoms in total. The Morgan fingerprint density at radius 2 is 1.70 bits per heavy atom. The number of rotatable bonds is 2. The summed E-state index contributed by atoms with van der Waals surface area (Å²) in [5, 5.41) is 0. The van der Waals surface area contributed by atoms with Gasteiger partial charge in [0.1, 0.15) is 0 Å². The molecule has 0 rings (SSSR count). The highest BCUT2D eigenvalue weighted by Gasteiger charge is 2.00. The van der Waals surface area contributed by atoms with Crippen LogP contribution in [0, 0.1) is 0 Å². The molecule has 64 valence electrons. The number of hydrogen-bond acceptors (Lipinski definition) is 1. The van der Waals surface area contributed by atoms with Crippen molar-refractivity contribution in [1.29, 1.82) is 0 Å². The van der Waals surface area contributed by atoms with Crippen LogP contribution in [0.15, 0.2) is 0 Å². The minimum absolute atomic E-state index is 0.816. The summed E-state index contributed by atoms with van der Waals surface area (Å²) < 4.78 is 8.88. The van der Waals surface area contributed by atoms with E-state index < -0.39 is 7.82 Å². The van der Waals surface area contributed by atoms with E-state index in [1.165, 1.54) is 6.42 Å². The zero-order valence-corrected chi connectivity index (χ0v) is 7.35. The van der Waals surface area contributed by atoms with Gasteiger partial charge in [-0.05, 0) is 6.42 Å². The molecule has 0 aliphatic carbocycles. The second-order valence-corrected chi connectivity index (χ2v) is 2.96. The summed E-state index contributed by atoms with van der Waals surface area (Å²) in [6, 6.07) is 0. The molecule has 10 heavy (non-hydrogen) atoms. The van der Waals surface area contributed by atoms with Crippen LogP contribution in [0.5, 0.6) is 0 Å². The summed E-state index contributed by atoms with van der Waals surface area (Å²) in [5.74, 6) is 0.816. The summed E-state index contributed by atoms with van der Waals surface area (Å²) >= 11 is 5.30. The minimum Gasteiger partial charge on any atom is -0.303 e. The summed E-state index contributed by atoms with van der Waals surface area (Å²) in [4.78, 5) is 21.6. The number of phosphoric acid groups is 1. The number of hydrogen-bond donors (Lipinski definition) is 3. The molecule has 0 aromatic heterocycles. The van der Waals surface area contributed by atoms with Crippen molar-refractivity contribution >= 4 is 19.4 Å². The second-order valence-electron chi connectivity index (χ2n) is 1.56. The van der Waals surface area contributed by atoms with Gasteiger partial charge < -0.3 is 14.7 Å². The highest BCUT2D eigenvalue weighted by molar-refractivity contribution is 7.45. The molecular formula is C4H12ClO4P. The van der Waals surface area contributed by atoms with Crippen LogP contribution in [0.3, 0.4) is 0 Å². The fraction of sp³-hybridized carbons (Fsp3) is 1.00. The number of alkyl halides is 1. The quantitative estimate of drug-likeness (QED) is 0.450. The Labute approximate surface area is 65.1 Å². The van der Waals surface area contributed by atoms with E-state index in [9.17, 15) is 0 Å². The van der Waals surface area contributed by atoms with Gasteiger partial charge in [-0.1, -0.05) is 13.3 Å². The first-order valence-corrected chi connectivity index (χ1v) is 4.86. The highest BCUT2D eigenvalue weighted by atomic mass is 35.5. The van der Waals surface area contributed by atoms with Crippen molar-refractivity contribution < 1.29 is 19.2 Å². The van der Waals surface area contributed by atoms with Gasteiger partial charge in [-0.15, -0.1) is 11.6 Å². The average Bonchev–Trinajstić information content (AvgIpc) is 1.63. The van der Waals surface area contributed by atoms with Crippen LogP contribution >= 0.6 is 19.4 Å². The van der Waals surface area contributed by atoms with E-state index in [0.29, 0.717) is 0 Å². The van der Waals surface area contributed by atoms with Crippen molar-refractivity contribution in [3.05, 3.63) is 0 Å². The lowest BCUT2D eigenvalue weighted by atomic mass is 10.4. The molecule has 0 aliphatic heterocycles. The number of unbranched alkanes of at least 4 members (excludes halogenated alkanes) is 1. The molecule has 0 unspecified atom stereocenters. The summed E-state index contributed by atoms with van der Waals surface area (Å²) in [6.07, 6.45) is 2.37. The Kier molecular flexibility index (Phi) is 9.78. The topological polar surface area (TPSA) is 77.8 Å². The van der Waals surface area contributed by atoms with E-state index in [-0.39, 0.29) is 0 Å². The van der Waals surface area contributed by atoms with Crippen LogP contribution in [0.25, 0.3) is 0 Å². The summed E-state index contributed by atoms with van der Waals surface area (Å²) in [7, 11) is -4.64. The van der Waals surface area contributed by atoms with Crippen molar-refractivity contribution in [2.75, 3.05) is 5.88 Å². The van der Waals surface area contributed by atoms with Crippen molar-refractivity contribution in [3.8, 4) is 0 Å². The third-order valence-electron chi connectivity index (χ3n) is 0.487. The molecule has 0 atom stereocenters. The Bertz CT molecular complexity index is 91.2. The first-order valence-electron chi connectivity index (χ1n) is 2.76. The van der Waals surface area contributed by atoms with E-state index in [1.807, 2.05) is 0 Å². The summed E-state index contributed by atoms with van der Waals surface area (Å²) in [6.45, 7) is 2.13. The maximum atomic E-state index is 8.88. The maximum Gasteiger partial charge on any atom is 0.466 e. The van der Waals surface area contributed by atoms with Gasteiger partial charge >= 0.3 is 7.82 Å². The molecule has 0 aliphatic rings. The minimum atomic E-state index is -4.64. The van der Waals surface area contributed by atoms with E-state index >= 15 is 0 Å². The van der Waals surface area contributed by atoms with Gasteiger partial charge in [-0.25, -0.2) is 4.57 Å². The Morgan fingerprint density at radius 1 is 1.40 bits per heavy atom. The van der Waals surface area contributed by atoms with Crippen LogP contribution in [0.4, 0.5) is 0 Å². The van der Waals surface area contributed by atoms with Crippen LogP contribution < -0.4 is 0 Å². The Morgan fingerprint density at radius 3 is 1.70 bits per heavy atom. The Balaban J connectivity index is 0. The van der Waals surface area contributed by atoms with Gasteiger partial charge in [-0.2, -0.15) is 0 Å². The lowest BCUT2D eigenvalue weighted by molar-refractivity contribution is 0.275. The molecule has 0 radical (unpaired) electrons. The lowest BCUT2D eigenvalue weighted by Crippen LogP contribution is -1.66. The molecule has 0 saturated carbocycles. The SMILES string of the molecule is CCCCCl.O=P(O)(O)O. The van der Waals surface area contributed by atoms with E-state index in [1.54, 1.807) is 0 Å². The fourth-order valence-electron chi connectivity index (χ4n) is 0.134. The third-order valence-corrected chi connectivity index (χ3v) is 0.754. The van der Waals surface area contributed by atoms with Crippen molar-refractivity contribution in [1.82, 2.24) is 0 Å². The lowest BCUT2D eigenvalue weighted by Gasteiger charge is -1.82. The molecule has 0 aromatic rings. The summed E-state index contributed by atoms with van der Waals surface area (Å²) in [5.41, 5.74) is 0. The predicted octanol–water partition coefficient (Wildman–Crippen LogP) is 1.10. The van der Waals surface area contributed by atoms with Crippen molar-refractivity contribution in [3.63, 3.8) is 0 Å². The zero-order valence-electron chi connectivity index (χ0n) is 5.70. The monoisotopic (exact) mass is 190 g/mol. The molecule has 0 fully saturated rings. The van der Waals surface area contributed by atoms with Gasteiger partial charge in [-0.3, -0.25) is 0 Å². The first kappa shape index (κ1) is 13.0. The molecule has 0 spiro atoms. The van der Waals surface area contributed by atoms with Crippen molar-refractivity contribution in [2.24, 2.45) is 0 Å². The van der Waals surface area contributed by atoms with Gasteiger partial charge in [0.2, 0.25) is 0 Å². The molecule has 3 N–H and O–H groups in total. The largest absolute Gasteiger partial charge is 0.466 e.